The molecule has 7 nitrogen and oxygen atoms in total. The number of aryl methyl sites for hydroxylation is 1. The normalized spacial score (nSPS) is 17.4. The van der Waals surface area contributed by atoms with Gasteiger partial charge in [0.15, 0.2) is 0 Å². The van der Waals surface area contributed by atoms with E-state index in [4.69, 9.17) is 5.73 Å². The molecule has 0 unspecified atom stereocenters. The lowest BCUT2D eigenvalue weighted by Gasteiger charge is -2.33. The average Bonchev–Trinajstić information content (AvgIpc) is 3.25. The van der Waals surface area contributed by atoms with Gasteiger partial charge in [0.2, 0.25) is 5.91 Å². The van der Waals surface area contributed by atoms with Gasteiger partial charge in [-0.25, -0.2) is 4.98 Å². The Hall–Kier alpha value is -2.15. The number of nitrogens with one attached hydrogen (secondary N) is 2. The molecule has 0 spiro atoms. The first-order valence-corrected chi connectivity index (χ1v) is 8.22. The van der Waals surface area contributed by atoms with E-state index in [2.05, 4.69) is 27.1 Å². The number of aromatic nitrogens is 4. The van der Waals surface area contributed by atoms with E-state index >= 15 is 0 Å². The maximum atomic E-state index is 12.5. The van der Waals surface area contributed by atoms with Crippen molar-refractivity contribution >= 4 is 5.91 Å². The van der Waals surface area contributed by atoms with E-state index in [-0.39, 0.29) is 5.91 Å². The molecule has 3 rings (SSSR count). The molecule has 0 bridgehead atoms. The van der Waals surface area contributed by atoms with Gasteiger partial charge in [0, 0.05) is 43.0 Å². The molecule has 0 saturated carbocycles. The molecule has 3 heterocycles. The number of nitrogens with two attached hydrogens (primary N) is 1. The van der Waals surface area contributed by atoms with Crippen molar-refractivity contribution in [2.24, 2.45) is 5.73 Å². The Kier molecular flexibility index (Phi) is 4.76. The first-order valence-electron chi connectivity index (χ1n) is 8.22. The van der Waals surface area contributed by atoms with Crippen LogP contribution >= 0.6 is 0 Å². The second-order valence-electron chi connectivity index (χ2n) is 6.15. The Bertz CT molecular complexity index is 627. The van der Waals surface area contributed by atoms with Crippen molar-refractivity contribution in [3.63, 3.8) is 0 Å². The summed E-state index contributed by atoms with van der Waals surface area (Å²) in [6, 6.07) is -0.509. The maximum absolute atomic E-state index is 12.5. The zero-order chi connectivity index (χ0) is 16.2. The van der Waals surface area contributed by atoms with Crippen molar-refractivity contribution in [3.05, 3.63) is 35.7 Å². The van der Waals surface area contributed by atoms with Gasteiger partial charge in [-0.15, -0.1) is 0 Å². The molecule has 1 aliphatic heterocycles. The third-order valence-electron chi connectivity index (χ3n) is 4.66. The lowest BCUT2D eigenvalue weighted by atomic mass is 9.90. The summed E-state index contributed by atoms with van der Waals surface area (Å²) in [5.41, 5.74) is 9.47. The second kappa shape index (κ2) is 6.95. The van der Waals surface area contributed by atoms with Crippen molar-refractivity contribution in [3.8, 4) is 0 Å². The van der Waals surface area contributed by atoms with E-state index in [0.717, 1.165) is 38.0 Å². The van der Waals surface area contributed by atoms with Crippen LogP contribution in [0.5, 0.6) is 0 Å². The van der Waals surface area contributed by atoms with Crippen LogP contribution in [-0.4, -0.2) is 50.1 Å². The van der Waals surface area contributed by atoms with Gasteiger partial charge >= 0.3 is 0 Å². The number of rotatable bonds is 5. The van der Waals surface area contributed by atoms with Gasteiger partial charge in [0.1, 0.15) is 0 Å². The zero-order valence-corrected chi connectivity index (χ0v) is 13.5. The van der Waals surface area contributed by atoms with Gasteiger partial charge in [-0.05, 0) is 24.8 Å². The molecule has 1 saturated heterocycles. The minimum Gasteiger partial charge on any atom is -0.348 e. The van der Waals surface area contributed by atoms with Crippen molar-refractivity contribution < 1.29 is 4.79 Å². The predicted octanol–water partition coefficient (Wildman–Crippen LogP) is 0.971. The van der Waals surface area contributed by atoms with Crippen LogP contribution in [0.25, 0.3) is 0 Å². The summed E-state index contributed by atoms with van der Waals surface area (Å²) in [5.74, 6) is 0.485. The van der Waals surface area contributed by atoms with Crippen LogP contribution in [0.2, 0.25) is 0 Å². The Morgan fingerprint density at radius 3 is 2.87 bits per heavy atom. The van der Waals surface area contributed by atoms with Crippen LogP contribution < -0.4 is 5.73 Å². The van der Waals surface area contributed by atoms with E-state index in [9.17, 15) is 4.79 Å². The number of carbonyl (C=O) groups is 1. The molecule has 0 radical (unpaired) electrons. The SMILES string of the molecule is CCc1cn[nH]c1C1CCN(C(=O)[C@@H](N)Cc2cnc[nH]2)CC1. The fourth-order valence-electron chi connectivity index (χ4n) is 3.30. The van der Waals surface area contributed by atoms with Crippen LogP contribution in [0.4, 0.5) is 0 Å². The van der Waals surface area contributed by atoms with Gasteiger partial charge in [-0.1, -0.05) is 6.92 Å². The first-order chi connectivity index (χ1) is 11.2. The average molecular weight is 316 g/mol. The molecule has 124 valence electrons. The summed E-state index contributed by atoms with van der Waals surface area (Å²) < 4.78 is 0. The molecule has 23 heavy (non-hydrogen) atoms. The van der Waals surface area contributed by atoms with E-state index < -0.39 is 6.04 Å². The zero-order valence-electron chi connectivity index (χ0n) is 13.5. The van der Waals surface area contributed by atoms with Crippen LogP contribution in [0.1, 0.15) is 42.6 Å². The lowest BCUT2D eigenvalue weighted by Crippen LogP contribution is -2.47. The largest absolute Gasteiger partial charge is 0.348 e. The van der Waals surface area contributed by atoms with Crippen molar-refractivity contribution in [1.29, 1.82) is 0 Å². The minimum absolute atomic E-state index is 0.0263. The number of nitrogens with zero attached hydrogens (tertiary/aromatic N) is 3. The summed E-state index contributed by atoms with van der Waals surface area (Å²) in [6.07, 6.45) is 8.62. The van der Waals surface area contributed by atoms with Crippen LogP contribution in [0.3, 0.4) is 0 Å². The second-order valence-corrected chi connectivity index (χ2v) is 6.15. The number of hydrogen-bond donors (Lipinski definition) is 3. The third-order valence-corrected chi connectivity index (χ3v) is 4.66. The number of imidazole rings is 1. The molecule has 0 aromatic carbocycles. The van der Waals surface area contributed by atoms with E-state index in [1.165, 1.54) is 11.3 Å². The molecule has 1 amide bonds. The maximum Gasteiger partial charge on any atom is 0.239 e. The highest BCUT2D eigenvalue weighted by molar-refractivity contribution is 5.82. The number of likely N-dealkylation sites (tertiary alicyclic amines) is 1. The first kappa shape index (κ1) is 15.7. The molecular weight excluding hydrogens is 292 g/mol. The summed E-state index contributed by atoms with van der Waals surface area (Å²) in [4.78, 5) is 21.3. The molecule has 1 atom stereocenters. The fraction of sp³-hybridized carbons (Fsp3) is 0.562. The van der Waals surface area contributed by atoms with Crippen LogP contribution in [-0.2, 0) is 17.6 Å². The summed E-state index contributed by atoms with van der Waals surface area (Å²) in [6.45, 7) is 3.65. The van der Waals surface area contributed by atoms with Gasteiger partial charge in [0.25, 0.3) is 0 Å². The molecule has 7 heteroatoms. The summed E-state index contributed by atoms with van der Waals surface area (Å²) in [7, 11) is 0. The summed E-state index contributed by atoms with van der Waals surface area (Å²) in [5, 5.41) is 7.29. The van der Waals surface area contributed by atoms with Gasteiger partial charge in [0.05, 0.1) is 18.6 Å². The topological polar surface area (TPSA) is 104 Å². The monoisotopic (exact) mass is 316 g/mol. The predicted molar refractivity (Wildman–Crippen MR) is 86.8 cm³/mol. The van der Waals surface area contributed by atoms with Crippen LogP contribution in [0, 0.1) is 0 Å². The van der Waals surface area contributed by atoms with Crippen LogP contribution in [0.15, 0.2) is 18.7 Å². The number of carbonyl (C=O) groups excluding carboxylic acids is 1. The molecule has 4 N–H and O–H groups in total. The van der Waals surface area contributed by atoms with Crippen molar-refractivity contribution in [2.75, 3.05) is 13.1 Å². The molecule has 1 fully saturated rings. The minimum atomic E-state index is -0.509. The van der Waals surface area contributed by atoms with E-state index in [1.807, 2.05) is 11.1 Å². The number of piperidine rings is 1. The molecular formula is C16H24N6O. The Labute approximate surface area is 135 Å². The Balaban J connectivity index is 1.55. The Morgan fingerprint density at radius 2 is 2.22 bits per heavy atom. The smallest absolute Gasteiger partial charge is 0.239 e. The van der Waals surface area contributed by atoms with E-state index in [0.29, 0.717) is 12.3 Å². The number of hydrogen-bond acceptors (Lipinski definition) is 4. The number of H-pyrrole nitrogens is 2. The van der Waals surface area contributed by atoms with Crippen molar-refractivity contribution in [2.45, 2.75) is 44.6 Å². The molecule has 0 aliphatic carbocycles. The highest BCUT2D eigenvalue weighted by Crippen LogP contribution is 2.29. The van der Waals surface area contributed by atoms with Gasteiger partial charge < -0.3 is 15.6 Å². The van der Waals surface area contributed by atoms with Gasteiger partial charge in [-0.3, -0.25) is 9.89 Å². The number of amides is 1. The third kappa shape index (κ3) is 3.44. The fourth-order valence-corrected chi connectivity index (χ4v) is 3.30. The molecule has 2 aromatic rings. The van der Waals surface area contributed by atoms with Crippen molar-refractivity contribution in [1.82, 2.24) is 25.1 Å². The lowest BCUT2D eigenvalue weighted by molar-refractivity contribution is -0.133. The molecule has 1 aliphatic rings. The number of aromatic amines is 2. The highest BCUT2D eigenvalue weighted by Gasteiger charge is 2.28. The quantitative estimate of drug-likeness (QED) is 0.764. The van der Waals surface area contributed by atoms with E-state index in [1.54, 1.807) is 12.5 Å². The standard InChI is InChI=1S/C16H24N6O/c1-2-11-8-20-21-15(11)12-3-5-22(6-4-12)16(23)14(17)7-13-9-18-10-19-13/h8-10,12,14H,2-7,17H2,1H3,(H,18,19)(H,20,21)/t14-/m0/s1. The summed E-state index contributed by atoms with van der Waals surface area (Å²) >= 11 is 0. The molecule has 2 aromatic heterocycles. The highest BCUT2D eigenvalue weighted by atomic mass is 16.2. The van der Waals surface area contributed by atoms with Gasteiger partial charge in [-0.2, -0.15) is 5.10 Å². The Morgan fingerprint density at radius 1 is 1.43 bits per heavy atom.